The molecule has 1 fully saturated rings. The molecule has 0 N–H and O–H groups in total. The van der Waals surface area contributed by atoms with Gasteiger partial charge in [0.1, 0.15) is 6.04 Å². The third-order valence-corrected chi connectivity index (χ3v) is 2.64. The summed E-state index contributed by atoms with van der Waals surface area (Å²) in [5.74, 6) is 0. The highest BCUT2D eigenvalue weighted by Crippen LogP contribution is 2.29. The Morgan fingerprint density at radius 3 is 2.50 bits per heavy atom. The van der Waals surface area contributed by atoms with Crippen molar-refractivity contribution < 1.29 is 13.2 Å². The molecule has 1 heterocycles. The average molecular weight is 229 g/mol. The van der Waals surface area contributed by atoms with E-state index in [0.717, 1.165) is 0 Å². The van der Waals surface area contributed by atoms with Crippen LogP contribution < -0.4 is 10.2 Å². The summed E-state index contributed by atoms with van der Waals surface area (Å²) in [7, 11) is 0. The van der Waals surface area contributed by atoms with Crippen molar-refractivity contribution in [1.82, 2.24) is 5.32 Å². The van der Waals surface area contributed by atoms with Gasteiger partial charge in [-0.15, -0.1) is 0 Å². The van der Waals surface area contributed by atoms with Crippen LogP contribution in [-0.4, -0.2) is 31.9 Å². The molecule has 0 bridgehead atoms. The minimum absolute atomic E-state index is 0.168. The van der Waals surface area contributed by atoms with Crippen molar-refractivity contribution in [3.05, 3.63) is 30.3 Å². The second kappa shape index (κ2) is 4.33. The lowest BCUT2D eigenvalue weighted by Gasteiger charge is -2.38. The molecule has 0 aromatic heterocycles. The van der Waals surface area contributed by atoms with E-state index in [1.165, 1.54) is 4.90 Å². The molecule has 2 rings (SSSR count). The number of hydrogen-bond donors (Lipinski definition) is 0. The molecule has 1 saturated heterocycles. The Balaban J connectivity index is 2.24. The predicted molar refractivity (Wildman–Crippen MR) is 55.5 cm³/mol. The molecule has 0 saturated carbocycles. The number of hydrogen-bond acceptors (Lipinski definition) is 1. The van der Waals surface area contributed by atoms with E-state index in [1.807, 2.05) is 0 Å². The van der Waals surface area contributed by atoms with E-state index in [9.17, 15) is 13.2 Å². The number of halogens is 3. The highest BCUT2D eigenvalue weighted by Gasteiger charge is 2.45. The quantitative estimate of drug-likeness (QED) is 0.720. The van der Waals surface area contributed by atoms with Crippen LogP contribution in [0.5, 0.6) is 0 Å². The summed E-state index contributed by atoms with van der Waals surface area (Å²) < 4.78 is 38.3. The second-order valence-electron chi connectivity index (χ2n) is 3.72. The summed E-state index contributed by atoms with van der Waals surface area (Å²) in [6.07, 6.45) is -4.22. The van der Waals surface area contributed by atoms with Crippen LogP contribution in [0.2, 0.25) is 0 Å². The third kappa shape index (κ3) is 2.29. The molecule has 1 atom stereocenters. The van der Waals surface area contributed by atoms with Crippen LogP contribution in [0, 0.1) is 0 Å². The average Bonchev–Trinajstić information content (AvgIpc) is 2.29. The molecule has 1 aromatic rings. The standard InChI is InChI=1S/C11H12F3N2/c12-11(13,14)10-8-15-6-7-16(10)9-4-2-1-3-5-9/h1-5,10H,6-8H2. The van der Waals surface area contributed by atoms with Gasteiger partial charge in [0.15, 0.2) is 0 Å². The summed E-state index contributed by atoms with van der Waals surface area (Å²) in [6, 6.07) is 7.20. The molecule has 1 unspecified atom stereocenters. The van der Waals surface area contributed by atoms with Crippen LogP contribution in [0.3, 0.4) is 0 Å². The van der Waals surface area contributed by atoms with Gasteiger partial charge < -0.3 is 4.90 Å². The van der Waals surface area contributed by atoms with Crippen LogP contribution in [-0.2, 0) is 0 Å². The van der Waals surface area contributed by atoms with Gasteiger partial charge in [-0.3, -0.25) is 0 Å². The Labute approximate surface area is 92.1 Å². The van der Waals surface area contributed by atoms with Crippen molar-refractivity contribution in [2.75, 3.05) is 24.5 Å². The number of anilines is 1. The van der Waals surface area contributed by atoms with Gasteiger partial charge in [0.05, 0.1) is 0 Å². The zero-order valence-electron chi connectivity index (χ0n) is 8.61. The highest BCUT2D eigenvalue weighted by atomic mass is 19.4. The van der Waals surface area contributed by atoms with Crippen molar-refractivity contribution in [3.8, 4) is 0 Å². The van der Waals surface area contributed by atoms with Gasteiger partial charge in [0.25, 0.3) is 0 Å². The summed E-state index contributed by atoms with van der Waals surface area (Å²) in [4.78, 5) is 1.38. The molecule has 87 valence electrons. The molecular formula is C11H12F3N2. The number of piperazine rings is 1. The van der Waals surface area contributed by atoms with Crippen molar-refractivity contribution >= 4 is 5.69 Å². The van der Waals surface area contributed by atoms with Crippen molar-refractivity contribution in [2.45, 2.75) is 12.2 Å². The Hall–Kier alpha value is -1.23. The molecule has 0 aliphatic carbocycles. The van der Waals surface area contributed by atoms with Gasteiger partial charge in [-0.25, -0.2) is 5.32 Å². The van der Waals surface area contributed by atoms with E-state index in [2.05, 4.69) is 5.32 Å². The van der Waals surface area contributed by atoms with Crippen molar-refractivity contribution in [3.63, 3.8) is 0 Å². The fourth-order valence-corrected chi connectivity index (χ4v) is 1.86. The van der Waals surface area contributed by atoms with E-state index < -0.39 is 12.2 Å². The molecule has 1 aliphatic rings. The summed E-state index contributed by atoms with van der Waals surface area (Å²) in [5, 5.41) is 3.84. The smallest absolute Gasteiger partial charge is 0.357 e. The number of rotatable bonds is 1. The molecular weight excluding hydrogens is 217 g/mol. The van der Waals surface area contributed by atoms with Crippen molar-refractivity contribution in [2.24, 2.45) is 0 Å². The first-order valence-electron chi connectivity index (χ1n) is 5.11. The zero-order chi connectivity index (χ0) is 11.6. The van der Waals surface area contributed by atoms with Crippen LogP contribution in [0.25, 0.3) is 0 Å². The summed E-state index contributed by atoms with van der Waals surface area (Å²) in [6.45, 7) is 0.619. The minimum Gasteiger partial charge on any atom is -0.357 e. The Morgan fingerprint density at radius 1 is 1.19 bits per heavy atom. The molecule has 5 heteroatoms. The lowest BCUT2D eigenvalue weighted by molar-refractivity contribution is -0.149. The van der Waals surface area contributed by atoms with Crippen LogP contribution in [0.15, 0.2) is 30.3 Å². The lowest BCUT2D eigenvalue weighted by Crippen LogP contribution is -2.56. The SMILES string of the molecule is FC(F)(F)C1C[N]CCN1c1ccccc1. The first-order chi connectivity index (χ1) is 7.59. The first kappa shape index (κ1) is 11.3. The normalized spacial score (nSPS) is 22.2. The van der Waals surface area contributed by atoms with E-state index in [4.69, 9.17) is 0 Å². The predicted octanol–water partition coefficient (Wildman–Crippen LogP) is 2.04. The number of para-hydroxylation sites is 1. The van der Waals surface area contributed by atoms with Gasteiger partial charge in [-0.1, -0.05) is 18.2 Å². The topological polar surface area (TPSA) is 17.3 Å². The first-order valence-corrected chi connectivity index (χ1v) is 5.11. The number of alkyl halides is 3. The monoisotopic (exact) mass is 229 g/mol. The second-order valence-corrected chi connectivity index (χ2v) is 3.72. The largest absolute Gasteiger partial charge is 0.410 e. The number of benzene rings is 1. The van der Waals surface area contributed by atoms with Gasteiger partial charge in [0.2, 0.25) is 0 Å². The Kier molecular flexibility index (Phi) is 3.05. The molecule has 16 heavy (non-hydrogen) atoms. The summed E-state index contributed by atoms with van der Waals surface area (Å²) >= 11 is 0. The van der Waals surface area contributed by atoms with Gasteiger partial charge >= 0.3 is 6.18 Å². The molecule has 1 aromatic carbocycles. The van der Waals surface area contributed by atoms with Crippen LogP contribution in [0.1, 0.15) is 0 Å². The molecule has 0 spiro atoms. The molecule has 0 amide bonds. The lowest BCUT2D eigenvalue weighted by atomic mass is 10.1. The Bertz CT molecular complexity index is 337. The van der Waals surface area contributed by atoms with E-state index >= 15 is 0 Å². The Morgan fingerprint density at radius 2 is 1.88 bits per heavy atom. The van der Waals surface area contributed by atoms with E-state index in [1.54, 1.807) is 30.3 Å². The van der Waals surface area contributed by atoms with Crippen LogP contribution >= 0.6 is 0 Å². The maximum atomic E-state index is 12.8. The zero-order valence-corrected chi connectivity index (χ0v) is 8.61. The third-order valence-electron chi connectivity index (χ3n) is 2.64. The minimum atomic E-state index is -4.22. The molecule has 1 aliphatic heterocycles. The highest BCUT2D eigenvalue weighted by molar-refractivity contribution is 5.48. The van der Waals surface area contributed by atoms with Crippen molar-refractivity contribution in [1.29, 1.82) is 0 Å². The summed E-state index contributed by atoms with van der Waals surface area (Å²) in [5.41, 5.74) is 0.611. The maximum Gasteiger partial charge on any atom is 0.410 e. The van der Waals surface area contributed by atoms with Gasteiger partial charge in [0, 0.05) is 25.3 Å². The maximum absolute atomic E-state index is 12.8. The van der Waals surface area contributed by atoms with Crippen LogP contribution in [0.4, 0.5) is 18.9 Å². The van der Waals surface area contributed by atoms with E-state index in [0.29, 0.717) is 18.8 Å². The fraction of sp³-hybridized carbons (Fsp3) is 0.455. The van der Waals surface area contributed by atoms with Gasteiger partial charge in [-0.05, 0) is 12.1 Å². The van der Waals surface area contributed by atoms with E-state index in [-0.39, 0.29) is 6.54 Å². The molecule has 1 radical (unpaired) electrons. The fourth-order valence-electron chi connectivity index (χ4n) is 1.86. The number of nitrogens with zero attached hydrogens (tertiary/aromatic N) is 2. The molecule has 2 nitrogen and oxygen atoms in total. The van der Waals surface area contributed by atoms with Gasteiger partial charge in [-0.2, -0.15) is 13.2 Å².